The van der Waals surface area contributed by atoms with E-state index in [0.29, 0.717) is 13.2 Å². The molecule has 0 unspecified atom stereocenters. The highest BCUT2D eigenvalue weighted by atomic mass is 79.9. The minimum absolute atomic E-state index is 0.157. The maximum Gasteiger partial charge on any atom is 0.244 e. The minimum Gasteiger partial charge on any atom is -0.496 e. The highest BCUT2D eigenvalue weighted by molar-refractivity contribution is 9.10. The molecule has 0 heterocycles. The van der Waals surface area contributed by atoms with E-state index in [1.54, 1.807) is 13.2 Å². The van der Waals surface area contributed by atoms with Gasteiger partial charge in [-0.3, -0.25) is 4.79 Å². The van der Waals surface area contributed by atoms with Crippen LogP contribution in [0.15, 0.2) is 46.9 Å². The number of ether oxygens (including phenoxy) is 2. The molecule has 0 aromatic heterocycles. The Bertz CT molecular complexity index is 751. The molecule has 5 heteroatoms. The number of carbonyl (C=O) groups excluding carboxylic acids is 1. The maximum absolute atomic E-state index is 11.9. The van der Waals surface area contributed by atoms with E-state index in [-0.39, 0.29) is 5.91 Å². The number of hydrogen-bond acceptors (Lipinski definition) is 3. The number of benzene rings is 2. The van der Waals surface area contributed by atoms with E-state index in [9.17, 15) is 4.79 Å². The van der Waals surface area contributed by atoms with Crippen molar-refractivity contribution in [2.75, 3.05) is 20.3 Å². The average molecular weight is 404 g/mol. The summed E-state index contributed by atoms with van der Waals surface area (Å²) in [5.74, 6) is 1.42. The molecule has 0 aliphatic carbocycles. The van der Waals surface area contributed by atoms with Crippen molar-refractivity contribution in [3.63, 3.8) is 0 Å². The molecule has 0 fully saturated rings. The summed E-state index contributed by atoms with van der Waals surface area (Å²) >= 11 is 3.42. The van der Waals surface area contributed by atoms with Crippen LogP contribution in [0.1, 0.15) is 16.7 Å². The second-order valence-electron chi connectivity index (χ2n) is 5.69. The molecule has 132 valence electrons. The van der Waals surface area contributed by atoms with E-state index >= 15 is 0 Å². The van der Waals surface area contributed by atoms with E-state index < -0.39 is 0 Å². The van der Waals surface area contributed by atoms with Gasteiger partial charge in [-0.15, -0.1) is 0 Å². The highest BCUT2D eigenvalue weighted by Gasteiger charge is 2.01. The van der Waals surface area contributed by atoms with E-state index in [4.69, 9.17) is 9.47 Å². The molecule has 2 rings (SSSR count). The Kier molecular flexibility index (Phi) is 7.07. The monoisotopic (exact) mass is 403 g/mol. The molecule has 1 N–H and O–H groups in total. The van der Waals surface area contributed by atoms with Gasteiger partial charge < -0.3 is 14.8 Å². The Labute approximate surface area is 157 Å². The van der Waals surface area contributed by atoms with Gasteiger partial charge in [0.25, 0.3) is 0 Å². The van der Waals surface area contributed by atoms with Crippen molar-refractivity contribution in [2.24, 2.45) is 0 Å². The first-order chi connectivity index (χ1) is 12.0. The van der Waals surface area contributed by atoms with Gasteiger partial charge in [0.05, 0.1) is 18.1 Å². The lowest BCUT2D eigenvalue weighted by atomic mass is 10.1. The third kappa shape index (κ3) is 6.27. The van der Waals surface area contributed by atoms with Gasteiger partial charge in [-0.2, -0.15) is 0 Å². The third-order valence-electron chi connectivity index (χ3n) is 3.47. The number of aryl methyl sites for hydroxylation is 2. The molecule has 1 amide bonds. The van der Waals surface area contributed by atoms with Crippen molar-refractivity contribution in [3.05, 3.63) is 63.6 Å². The van der Waals surface area contributed by atoms with E-state index in [1.807, 2.05) is 44.2 Å². The summed E-state index contributed by atoms with van der Waals surface area (Å²) in [7, 11) is 1.61. The highest BCUT2D eigenvalue weighted by Crippen LogP contribution is 2.25. The molecular weight excluding hydrogens is 382 g/mol. The Morgan fingerprint density at radius 1 is 1.16 bits per heavy atom. The summed E-state index contributed by atoms with van der Waals surface area (Å²) < 4.78 is 11.7. The van der Waals surface area contributed by atoms with Gasteiger partial charge in [-0.05, 0) is 76.8 Å². The lowest BCUT2D eigenvalue weighted by Gasteiger charge is -2.08. The Morgan fingerprint density at radius 2 is 1.88 bits per heavy atom. The zero-order valence-corrected chi connectivity index (χ0v) is 16.2. The Morgan fingerprint density at radius 3 is 2.52 bits per heavy atom. The lowest BCUT2D eigenvalue weighted by Crippen LogP contribution is -2.26. The van der Waals surface area contributed by atoms with Crippen LogP contribution in [0.2, 0.25) is 0 Å². The Balaban J connectivity index is 1.77. The van der Waals surface area contributed by atoms with Crippen molar-refractivity contribution in [1.82, 2.24) is 5.32 Å². The van der Waals surface area contributed by atoms with E-state index in [0.717, 1.165) is 32.7 Å². The van der Waals surface area contributed by atoms with Crippen LogP contribution in [0, 0.1) is 13.8 Å². The van der Waals surface area contributed by atoms with Crippen LogP contribution in [0.5, 0.6) is 11.5 Å². The quantitative estimate of drug-likeness (QED) is 0.554. The molecule has 0 aliphatic heterocycles. The van der Waals surface area contributed by atoms with E-state index in [2.05, 4.69) is 27.3 Å². The van der Waals surface area contributed by atoms with Gasteiger partial charge in [0, 0.05) is 6.08 Å². The second-order valence-corrected chi connectivity index (χ2v) is 6.54. The van der Waals surface area contributed by atoms with Crippen molar-refractivity contribution in [1.29, 1.82) is 0 Å². The number of hydrogen-bond donors (Lipinski definition) is 1. The topological polar surface area (TPSA) is 47.6 Å². The molecule has 0 aliphatic rings. The summed E-state index contributed by atoms with van der Waals surface area (Å²) in [5.41, 5.74) is 3.23. The van der Waals surface area contributed by atoms with Crippen LogP contribution in [0.3, 0.4) is 0 Å². The lowest BCUT2D eigenvalue weighted by molar-refractivity contribution is -0.116. The summed E-state index contributed by atoms with van der Waals surface area (Å²) in [6, 6.07) is 11.7. The fraction of sp³-hybridized carbons (Fsp3) is 0.250. The number of halogens is 1. The van der Waals surface area contributed by atoms with Crippen molar-refractivity contribution in [2.45, 2.75) is 13.8 Å². The maximum atomic E-state index is 11.9. The first kappa shape index (κ1) is 19.1. The molecule has 25 heavy (non-hydrogen) atoms. The first-order valence-electron chi connectivity index (χ1n) is 7.98. The molecule has 2 aromatic rings. The predicted octanol–water partition coefficient (Wildman–Crippen LogP) is 4.28. The largest absolute Gasteiger partial charge is 0.496 e. The molecule has 2 aromatic carbocycles. The number of methoxy groups -OCH3 is 1. The van der Waals surface area contributed by atoms with Gasteiger partial charge in [0.15, 0.2) is 0 Å². The zero-order chi connectivity index (χ0) is 18.2. The predicted molar refractivity (Wildman–Crippen MR) is 104 cm³/mol. The SMILES string of the molecule is COc1ccc(C=CC(=O)NCCOc2cc(C)cc(C)c2)cc1Br. The van der Waals surface area contributed by atoms with Crippen LogP contribution in [-0.2, 0) is 4.79 Å². The summed E-state index contributed by atoms with van der Waals surface area (Å²) in [5, 5.41) is 2.80. The molecular formula is C20H22BrNO3. The fourth-order valence-corrected chi connectivity index (χ4v) is 2.93. The van der Waals surface area contributed by atoms with Crippen LogP contribution >= 0.6 is 15.9 Å². The molecule has 4 nitrogen and oxygen atoms in total. The summed E-state index contributed by atoms with van der Waals surface area (Å²) in [6.45, 7) is 4.94. The summed E-state index contributed by atoms with van der Waals surface area (Å²) in [4.78, 5) is 11.9. The van der Waals surface area contributed by atoms with Crippen LogP contribution in [-0.4, -0.2) is 26.2 Å². The van der Waals surface area contributed by atoms with Crippen LogP contribution in [0.4, 0.5) is 0 Å². The normalized spacial score (nSPS) is 10.7. The van der Waals surface area contributed by atoms with Crippen molar-refractivity contribution < 1.29 is 14.3 Å². The van der Waals surface area contributed by atoms with Crippen molar-refractivity contribution >= 4 is 27.9 Å². The fourth-order valence-electron chi connectivity index (χ4n) is 2.38. The number of rotatable bonds is 7. The zero-order valence-electron chi connectivity index (χ0n) is 14.6. The number of carbonyl (C=O) groups is 1. The average Bonchev–Trinajstić information content (AvgIpc) is 2.56. The van der Waals surface area contributed by atoms with Gasteiger partial charge >= 0.3 is 0 Å². The second kappa shape index (κ2) is 9.28. The van der Waals surface area contributed by atoms with Gasteiger partial charge in [-0.1, -0.05) is 12.1 Å². The first-order valence-corrected chi connectivity index (χ1v) is 8.78. The van der Waals surface area contributed by atoms with Gasteiger partial charge in [0.1, 0.15) is 18.1 Å². The number of nitrogens with one attached hydrogen (secondary N) is 1. The van der Waals surface area contributed by atoms with Gasteiger partial charge in [0.2, 0.25) is 5.91 Å². The van der Waals surface area contributed by atoms with Crippen LogP contribution < -0.4 is 14.8 Å². The molecule has 0 saturated heterocycles. The molecule has 0 saturated carbocycles. The molecule has 0 bridgehead atoms. The number of amides is 1. The van der Waals surface area contributed by atoms with E-state index in [1.165, 1.54) is 6.08 Å². The smallest absolute Gasteiger partial charge is 0.244 e. The van der Waals surface area contributed by atoms with Crippen LogP contribution in [0.25, 0.3) is 6.08 Å². The minimum atomic E-state index is -0.157. The standard InChI is InChI=1S/C20H22BrNO3/c1-14-10-15(2)12-17(11-14)25-9-8-22-20(23)7-5-16-4-6-19(24-3)18(21)13-16/h4-7,10-13H,8-9H2,1-3H3,(H,22,23). The molecule has 0 radical (unpaired) electrons. The molecule has 0 spiro atoms. The summed E-state index contributed by atoms with van der Waals surface area (Å²) in [6.07, 6.45) is 3.26. The third-order valence-corrected chi connectivity index (χ3v) is 4.09. The van der Waals surface area contributed by atoms with Gasteiger partial charge in [-0.25, -0.2) is 0 Å². The van der Waals surface area contributed by atoms with Crippen molar-refractivity contribution in [3.8, 4) is 11.5 Å². The molecule has 0 atom stereocenters. The Hall–Kier alpha value is -2.27.